The van der Waals surface area contributed by atoms with Gasteiger partial charge in [-0.25, -0.2) is 0 Å². The lowest BCUT2D eigenvalue weighted by Crippen LogP contribution is -2.41. The zero-order valence-corrected chi connectivity index (χ0v) is 13.8. The molecule has 120 valence electrons. The lowest BCUT2D eigenvalue weighted by molar-refractivity contribution is 0.372. The van der Waals surface area contributed by atoms with Crippen LogP contribution in [0.3, 0.4) is 0 Å². The smallest absolute Gasteiger partial charge is 0.0851 e. The monoisotopic (exact) mass is 314 g/mol. The van der Waals surface area contributed by atoms with Gasteiger partial charge in [-0.3, -0.25) is 4.99 Å². The molecule has 0 saturated heterocycles. The van der Waals surface area contributed by atoms with Crippen LogP contribution >= 0.6 is 0 Å². The van der Waals surface area contributed by atoms with Gasteiger partial charge in [0, 0.05) is 18.5 Å². The molecule has 0 fully saturated rings. The zero-order chi connectivity index (χ0) is 16.2. The predicted molar refractivity (Wildman–Crippen MR) is 101 cm³/mol. The van der Waals surface area contributed by atoms with E-state index in [2.05, 4.69) is 88.8 Å². The minimum atomic E-state index is -0.0340. The number of benzene rings is 2. The van der Waals surface area contributed by atoms with Crippen molar-refractivity contribution in [3.8, 4) is 0 Å². The third-order valence-electron chi connectivity index (χ3n) is 5.03. The van der Waals surface area contributed by atoms with Gasteiger partial charge in [0.05, 0.1) is 12.9 Å². The van der Waals surface area contributed by atoms with Crippen LogP contribution in [0, 0.1) is 0 Å². The van der Waals surface area contributed by atoms with Crippen molar-refractivity contribution >= 4 is 11.9 Å². The molecular weight excluding hydrogens is 292 g/mol. The molecule has 0 bridgehead atoms. The van der Waals surface area contributed by atoms with Crippen molar-refractivity contribution in [2.45, 2.75) is 11.8 Å². The van der Waals surface area contributed by atoms with Gasteiger partial charge in [0.1, 0.15) is 0 Å². The summed E-state index contributed by atoms with van der Waals surface area (Å²) in [5.41, 5.74) is 4.05. The van der Waals surface area contributed by atoms with Crippen LogP contribution in [-0.2, 0) is 5.41 Å². The Morgan fingerprint density at radius 3 is 2.42 bits per heavy atom. The van der Waals surface area contributed by atoms with Crippen LogP contribution in [0.5, 0.6) is 0 Å². The highest BCUT2D eigenvalue weighted by Gasteiger charge is 2.38. The van der Waals surface area contributed by atoms with Gasteiger partial charge in [-0.15, -0.1) is 0 Å². The van der Waals surface area contributed by atoms with Crippen LogP contribution in [0.25, 0.3) is 5.57 Å². The van der Waals surface area contributed by atoms with Gasteiger partial charge in [0.2, 0.25) is 0 Å². The maximum absolute atomic E-state index is 4.42. The molecule has 1 aliphatic carbocycles. The maximum atomic E-state index is 4.42. The van der Waals surface area contributed by atoms with Gasteiger partial charge in [-0.05, 0) is 23.1 Å². The van der Waals surface area contributed by atoms with Crippen molar-refractivity contribution in [2.75, 3.05) is 19.6 Å². The highest BCUT2D eigenvalue weighted by atomic mass is 15.2. The standard InChI is InChI=1S/C22H22N2/c1-3-9-19(10-4-1)21-13-7-8-14-22(21,17-24-16-15-23-18-24)20-11-5-2-6-12-20/h1-13,18H,14-17H2. The van der Waals surface area contributed by atoms with Crippen LogP contribution in [0.1, 0.15) is 17.5 Å². The highest BCUT2D eigenvalue weighted by Crippen LogP contribution is 2.44. The average molecular weight is 314 g/mol. The SMILES string of the molecule is C1=CCC(CN2C=NCC2)(c2ccccc2)C(c2ccccc2)=C1. The molecular formula is C22H22N2. The molecule has 2 aliphatic rings. The number of rotatable bonds is 4. The molecule has 0 N–H and O–H groups in total. The average Bonchev–Trinajstić information content (AvgIpc) is 3.16. The molecule has 0 spiro atoms. The summed E-state index contributed by atoms with van der Waals surface area (Å²) in [6.45, 7) is 2.89. The molecule has 1 atom stereocenters. The summed E-state index contributed by atoms with van der Waals surface area (Å²) in [7, 11) is 0. The number of hydrogen-bond donors (Lipinski definition) is 0. The normalized spacial score (nSPS) is 22.7. The van der Waals surface area contributed by atoms with E-state index in [4.69, 9.17) is 0 Å². The van der Waals surface area contributed by atoms with Crippen LogP contribution in [0.15, 0.2) is 83.9 Å². The summed E-state index contributed by atoms with van der Waals surface area (Å²) in [6, 6.07) is 21.7. The second-order valence-electron chi connectivity index (χ2n) is 6.52. The number of nitrogens with zero attached hydrogens (tertiary/aromatic N) is 2. The van der Waals surface area contributed by atoms with E-state index in [0.717, 1.165) is 26.1 Å². The topological polar surface area (TPSA) is 15.6 Å². The Balaban J connectivity index is 1.83. The molecule has 0 saturated carbocycles. The van der Waals surface area contributed by atoms with E-state index >= 15 is 0 Å². The van der Waals surface area contributed by atoms with Gasteiger partial charge in [-0.1, -0.05) is 78.9 Å². The fourth-order valence-electron chi connectivity index (χ4n) is 3.85. The lowest BCUT2D eigenvalue weighted by atomic mass is 9.67. The van der Waals surface area contributed by atoms with E-state index in [9.17, 15) is 0 Å². The second-order valence-corrected chi connectivity index (χ2v) is 6.52. The van der Waals surface area contributed by atoms with E-state index in [1.165, 1.54) is 16.7 Å². The molecule has 0 amide bonds. The summed E-state index contributed by atoms with van der Waals surface area (Å²) in [5.74, 6) is 0. The van der Waals surface area contributed by atoms with Crippen molar-refractivity contribution in [3.05, 3.63) is 90.0 Å². The fraction of sp³-hybridized carbons (Fsp3) is 0.227. The minimum absolute atomic E-state index is 0.0340. The van der Waals surface area contributed by atoms with Gasteiger partial charge in [0.25, 0.3) is 0 Å². The molecule has 4 rings (SSSR count). The van der Waals surface area contributed by atoms with Crippen molar-refractivity contribution < 1.29 is 0 Å². The van der Waals surface area contributed by atoms with Crippen molar-refractivity contribution in [2.24, 2.45) is 4.99 Å². The highest BCUT2D eigenvalue weighted by molar-refractivity contribution is 5.79. The first-order valence-electron chi connectivity index (χ1n) is 8.61. The number of hydrogen-bond acceptors (Lipinski definition) is 2. The van der Waals surface area contributed by atoms with Crippen molar-refractivity contribution in [1.82, 2.24) is 4.90 Å². The predicted octanol–water partition coefficient (Wildman–Crippen LogP) is 4.31. The van der Waals surface area contributed by atoms with E-state index in [0.29, 0.717) is 0 Å². The van der Waals surface area contributed by atoms with Gasteiger partial charge < -0.3 is 4.90 Å². The van der Waals surface area contributed by atoms with E-state index < -0.39 is 0 Å². The Morgan fingerprint density at radius 1 is 0.958 bits per heavy atom. The van der Waals surface area contributed by atoms with Crippen LogP contribution in [-0.4, -0.2) is 30.9 Å². The molecule has 2 nitrogen and oxygen atoms in total. The minimum Gasteiger partial charge on any atom is -0.360 e. The summed E-state index contributed by atoms with van der Waals surface area (Å²) >= 11 is 0. The Labute approximate surface area is 143 Å². The molecule has 0 aromatic heterocycles. The molecule has 24 heavy (non-hydrogen) atoms. The Morgan fingerprint density at radius 2 is 1.71 bits per heavy atom. The third-order valence-corrected chi connectivity index (χ3v) is 5.03. The summed E-state index contributed by atoms with van der Waals surface area (Å²) in [6.07, 6.45) is 9.82. The second kappa shape index (κ2) is 6.48. The molecule has 1 unspecified atom stereocenters. The van der Waals surface area contributed by atoms with E-state index in [1.807, 2.05) is 6.34 Å². The van der Waals surface area contributed by atoms with Gasteiger partial charge >= 0.3 is 0 Å². The third kappa shape index (κ3) is 2.69. The fourth-order valence-corrected chi connectivity index (χ4v) is 3.85. The first-order chi connectivity index (χ1) is 11.9. The Kier molecular flexibility index (Phi) is 4.04. The Bertz CT molecular complexity index is 774. The van der Waals surface area contributed by atoms with Gasteiger partial charge in [0.15, 0.2) is 0 Å². The number of allylic oxidation sites excluding steroid dienone is 3. The molecule has 2 aromatic rings. The first-order valence-corrected chi connectivity index (χ1v) is 8.61. The zero-order valence-electron chi connectivity index (χ0n) is 13.8. The van der Waals surface area contributed by atoms with E-state index in [1.54, 1.807) is 0 Å². The summed E-state index contributed by atoms with van der Waals surface area (Å²) < 4.78 is 0. The lowest BCUT2D eigenvalue weighted by Gasteiger charge is -2.40. The van der Waals surface area contributed by atoms with Crippen molar-refractivity contribution in [1.29, 1.82) is 0 Å². The van der Waals surface area contributed by atoms with Crippen LogP contribution < -0.4 is 0 Å². The maximum Gasteiger partial charge on any atom is 0.0851 e. The summed E-state index contributed by atoms with van der Waals surface area (Å²) in [4.78, 5) is 6.78. The molecule has 2 aromatic carbocycles. The molecule has 0 radical (unpaired) electrons. The van der Waals surface area contributed by atoms with E-state index in [-0.39, 0.29) is 5.41 Å². The Hall–Kier alpha value is -2.61. The molecule has 2 heteroatoms. The molecule has 1 heterocycles. The quantitative estimate of drug-likeness (QED) is 0.821. The molecule has 1 aliphatic heterocycles. The first kappa shape index (κ1) is 14.9. The largest absolute Gasteiger partial charge is 0.360 e. The van der Waals surface area contributed by atoms with Crippen LogP contribution in [0.4, 0.5) is 0 Å². The van der Waals surface area contributed by atoms with Gasteiger partial charge in [-0.2, -0.15) is 0 Å². The summed E-state index contributed by atoms with van der Waals surface area (Å²) in [5, 5.41) is 0. The van der Waals surface area contributed by atoms with Crippen LogP contribution in [0.2, 0.25) is 0 Å². The van der Waals surface area contributed by atoms with Crippen molar-refractivity contribution in [3.63, 3.8) is 0 Å². The number of aliphatic imine (C=N–C) groups is 1.